The normalized spacial score (nSPS) is 12.0. The van der Waals surface area contributed by atoms with E-state index in [1.54, 1.807) is 45.0 Å². The summed E-state index contributed by atoms with van der Waals surface area (Å²) in [6, 6.07) is 21.9. The van der Waals surface area contributed by atoms with Crippen LogP contribution in [0.5, 0.6) is 23.0 Å². The second kappa shape index (κ2) is 11.7. The van der Waals surface area contributed by atoms with Crippen molar-refractivity contribution in [2.45, 2.75) is 32.3 Å². The summed E-state index contributed by atoms with van der Waals surface area (Å²) in [6.07, 6.45) is -0.501. The Hall–Kier alpha value is -3.26. The Balaban J connectivity index is 1.57. The van der Waals surface area contributed by atoms with E-state index in [2.05, 4.69) is 10.8 Å². The number of carbonyl (C=O) groups excluding carboxylic acids is 1. The number of hydrogen-bond donors (Lipinski definition) is 3. The van der Waals surface area contributed by atoms with Gasteiger partial charge in [0.2, 0.25) is 0 Å². The van der Waals surface area contributed by atoms with E-state index < -0.39 is 11.7 Å². The van der Waals surface area contributed by atoms with Gasteiger partial charge in [0.15, 0.2) is 0 Å². The van der Waals surface area contributed by atoms with Gasteiger partial charge >= 0.3 is 6.09 Å². The minimum atomic E-state index is -0.575. The molecule has 3 aromatic carbocycles. The molecule has 3 N–H and O–H groups in total. The van der Waals surface area contributed by atoms with E-state index in [0.29, 0.717) is 34.6 Å². The first-order valence-electron chi connectivity index (χ1n) is 10.9. The van der Waals surface area contributed by atoms with Gasteiger partial charge in [0.1, 0.15) is 28.6 Å². The van der Waals surface area contributed by atoms with E-state index >= 15 is 0 Å². The second-order valence-corrected chi connectivity index (χ2v) is 9.08. The summed E-state index contributed by atoms with van der Waals surface area (Å²) in [5, 5.41) is 12.6. The summed E-state index contributed by atoms with van der Waals surface area (Å²) in [6.45, 7) is 5.98. The predicted octanol–water partition coefficient (Wildman–Crippen LogP) is 6.51. The summed E-state index contributed by atoms with van der Waals surface area (Å²) in [5.74, 6) is 2.54. The van der Waals surface area contributed by atoms with Crippen LogP contribution in [0.4, 0.5) is 4.79 Å². The number of amides is 1. The Morgan fingerprint density at radius 1 is 0.824 bits per heavy atom. The van der Waals surface area contributed by atoms with E-state index in [9.17, 15) is 10.0 Å². The van der Waals surface area contributed by atoms with Crippen molar-refractivity contribution in [2.75, 3.05) is 13.1 Å². The van der Waals surface area contributed by atoms with Crippen molar-refractivity contribution in [3.05, 3.63) is 83.4 Å². The third-order valence-electron chi connectivity index (χ3n) is 4.69. The van der Waals surface area contributed by atoms with Gasteiger partial charge < -0.3 is 24.7 Å². The summed E-state index contributed by atoms with van der Waals surface area (Å²) >= 11 is 5.90. The predicted molar refractivity (Wildman–Crippen MR) is 131 cm³/mol. The number of halogens is 1. The Morgan fingerprint density at radius 2 is 1.26 bits per heavy atom. The van der Waals surface area contributed by atoms with Crippen molar-refractivity contribution in [2.24, 2.45) is 0 Å². The Kier molecular flexibility index (Phi) is 8.76. The molecule has 34 heavy (non-hydrogen) atoms. The van der Waals surface area contributed by atoms with Crippen LogP contribution in [-0.2, 0) is 4.74 Å². The molecule has 1 atom stereocenters. The molecule has 0 fully saturated rings. The molecule has 0 unspecified atom stereocenters. The average molecular weight is 485 g/mol. The first kappa shape index (κ1) is 25.4. The zero-order chi connectivity index (χ0) is 24.6. The fraction of sp³-hybridized carbons (Fsp3) is 0.269. The zero-order valence-electron chi connectivity index (χ0n) is 19.4. The first-order chi connectivity index (χ1) is 16.2. The molecule has 180 valence electrons. The number of rotatable bonds is 9. The number of alkyl carbamates (subject to hydrolysis) is 1. The maximum absolute atomic E-state index is 11.9. The summed E-state index contributed by atoms with van der Waals surface area (Å²) in [4.78, 5) is 11.9. The van der Waals surface area contributed by atoms with Crippen molar-refractivity contribution in [1.82, 2.24) is 10.8 Å². The van der Waals surface area contributed by atoms with Crippen LogP contribution >= 0.6 is 11.6 Å². The largest absolute Gasteiger partial charge is 0.457 e. The Bertz CT molecular complexity index is 1050. The molecular formula is C26H29ClN2O5. The van der Waals surface area contributed by atoms with Gasteiger partial charge in [-0.25, -0.2) is 10.3 Å². The lowest BCUT2D eigenvalue weighted by molar-refractivity contribution is 0.0520. The topological polar surface area (TPSA) is 89.1 Å². The lowest BCUT2D eigenvalue weighted by atomic mass is 9.99. The van der Waals surface area contributed by atoms with Gasteiger partial charge in [-0.3, -0.25) is 0 Å². The fourth-order valence-electron chi connectivity index (χ4n) is 3.10. The highest BCUT2D eigenvalue weighted by Gasteiger charge is 2.18. The van der Waals surface area contributed by atoms with Crippen molar-refractivity contribution in [3.63, 3.8) is 0 Å². The molecule has 7 nitrogen and oxygen atoms in total. The highest BCUT2D eigenvalue weighted by atomic mass is 35.5. The van der Waals surface area contributed by atoms with Crippen LogP contribution in [0.2, 0.25) is 5.02 Å². The van der Waals surface area contributed by atoms with Crippen LogP contribution in [0.25, 0.3) is 0 Å². The van der Waals surface area contributed by atoms with Crippen LogP contribution in [0.1, 0.15) is 32.3 Å². The van der Waals surface area contributed by atoms with Crippen LogP contribution in [0.3, 0.4) is 0 Å². The lowest BCUT2D eigenvalue weighted by Gasteiger charge is -2.22. The monoisotopic (exact) mass is 484 g/mol. The molecule has 0 aliphatic heterocycles. The molecule has 3 rings (SSSR count). The van der Waals surface area contributed by atoms with Gasteiger partial charge in [0, 0.05) is 24.0 Å². The SMILES string of the molecule is CC(C)(C)OC(=O)NC[C@H](CNO)c1ccc(Oc2ccc(Oc3ccc(Cl)cc3)cc2)cc1. The van der Waals surface area contributed by atoms with E-state index in [-0.39, 0.29) is 12.5 Å². The molecule has 0 aliphatic rings. The zero-order valence-corrected chi connectivity index (χ0v) is 20.1. The smallest absolute Gasteiger partial charge is 0.407 e. The molecular weight excluding hydrogens is 456 g/mol. The molecule has 8 heteroatoms. The maximum Gasteiger partial charge on any atom is 0.407 e. The molecule has 0 radical (unpaired) electrons. The Morgan fingerprint density at radius 3 is 1.71 bits per heavy atom. The van der Waals surface area contributed by atoms with Gasteiger partial charge in [0.05, 0.1) is 0 Å². The molecule has 3 aromatic rings. The van der Waals surface area contributed by atoms with Crippen LogP contribution in [-0.4, -0.2) is 30.0 Å². The number of benzene rings is 3. The van der Waals surface area contributed by atoms with Gasteiger partial charge in [-0.1, -0.05) is 23.7 Å². The number of hydroxylamine groups is 1. The van der Waals surface area contributed by atoms with Gasteiger partial charge in [-0.15, -0.1) is 0 Å². The maximum atomic E-state index is 11.9. The number of hydrogen-bond acceptors (Lipinski definition) is 6. The minimum Gasteiger partial charge on any atom is -0.457 e. The van der Waals surface area contributed by atoms with Crippen LogP contribution in [0, 0.1) is 0 Å². The Labute approximate surface area is 204 Å². The quantitative estimate of drug-likeness (QED) is 0.300. The molecule has 0 heterocycles. The van der Waals surface area contributed by atoms with E-state index in [0.717, 1.165) is 5.56 Å². The van der Waals surface area contributed by atoms with Gasteiger partial charge in [-0.05, 0) is 87.0 Å². The van der Waals surface area contributed by atoms with Crippen molar-refractivity contribution >= 4 is 17.7 Å². The van der Waals surface area contributed by atoms with Gasteiger partial charge in [-0.2, -0.15) is 0 Å². The molecule has 0 spiro atoms. The van der Waals surface area contributed by atoms with E-state index in [4.69, 9.17) is 25.8 Å². The summed E-state index contributed by atoms with van der Waals surface area (Å²) in [5.41, 5.74) is 2.53. The molecule has 0 aromatic heterocycles. The third-order valence-corrected chi connectivity index (χ3v) is 4.94. The molecule has 0 saturated heterocycles. The first-order valence-corrected chi connectivity index (χ1v) is 11.2. The third kappa shape index (κ3) is 8.26. The molecule has 0 aliphatic carbocycles. The molecule has 0 bridgehead atoms. The van der Waals surface area contributed by atoms with Gasteiger partial charge in [0.25, 0.3) is 0 Å². The number of carbonyl (C=O) groups is 1. The second-order valence-electron chi connectivity index (χ2n) is 8.64. The van der Waals surface area contributed by atoms with Crippen LogP contribution in [0.15, 0.2) is 72.8 Å². The summed E-state index contributed by atoms with van der Waals surface area (Å²) < 4.78 is 17.0. The van der Waals surface area contributed by atoms with E-state index in [1.807, 2.05) is 48.5 Å². The minimum absolute atomic E-state index is 0.157. The van der Waals surface area contributed by atoms with Crippen molar-refractivity contribution < 1.29 is 24.2 Å². The standard InChI is InChI=1S/C26H29ClN2O5/c1-26(2,3)34-25(30)28-16-19(17-29-31)18-4-8-21(9-5-18)32-23-12-14-24(15-13-23)33-22-10-6-20(27)7-11-22/h4-15,19,29,31H,16-17H2,1-3H3,(H,28,30)/t19-/m1/s1. The lowest BCUT2D eigenvalue weighted by Crippen LogP contribution is -2.36. The summed E-state index contributed by atoms with van der Waals surface area (Å²) in [7, 11) is 0. The highest BCUT2D eigenvalue weighted by molar-refractivity contribution is 6.30. The average Bonchev–Trinajstić information content (AvgIpc) is 2.79. The molecule has 0 saturated carbocycles. The van der Waals surface area contributed by atoms with Crippen molar-refractivity contribution in [3.8, 4) is 23.0 Å². The number of nitrogens with one attached hydrogen (secondary N) is 2. The number of ether oxygens (including phenoxy) is 3. The van der Waals surface area contributed by atoms with Crippen LogP contribution < -0.4 is 20.3 Å². The van der Waals surface area contributed by atoms with E-state index in [1.165, 1.54) is 0 Å². The fourth-order valence-corrected chi connectivity index (χ4v) is 3.22. The highest BCUT2D eigenvalue weighted by Crippen LogP contribution is 2.28. The molecule has 1 amide bonds. The van der Waals surface area contributed by atoms with Crippen molar-refractivity contribution in [1.29, 1.82) is 0 Å².